The molecule has 4 rings (SSSR count). The topological polar surface area (TPSA) is 71.8 Å². The molecule has 1 aliphatic heterocycles. The molecule has 2 atom stereocenters. The Morgan fingerprint density at radius 3 is 2.96 bits per heavy atom. The van der Waals surface area contributed by atoms with Crippen molar-refractivity contribution < 1.29 is 8.42 Å². The molecular weight excluding hydrogens is 314 g/mol. The molecule has 2 fully saturated rings. The first kappa shape index (κ1) is 14.8. The predicted molar refractivity (Wildman–Crippen MR) is 86.7 cm³/mol. The van der Waals surface area contributed by atoms with Gasteiger partial charge in [0.15, 0.2) is 0 Å². The Morgan fingerprint density at radius 1 is 1.30 bits per heavy atom. The summed E-state index contributed by atoms with van der Waals surface area (Å²) in [7, 11) is -3.25. The van der Waals surface area contributed by atoms with Crippen molar-refractivity contribution in [2.45, 2.75) is 38.8 Å². The van der Waals surface area contributed by atoms with E-state index in [0.29, 0.717) is 17.3 Å². The molecule has 6 nitrogen and oxygen atoms in total. The van der Waals surface area contributed by atoms with E-state index in [2.05, 4.69) is 4.98 Å². The van der Waals surface area contributed by atoms with E-state index in [-0.39, 0.29) is 23.9 Å². The molecule has 2 aromatic heterocycles. The van der Waals surface area contributed by atoms with Gasteiger partial charge < -0.3 is 0 Å². The maximum atomic E-state index is 12.5. The number of pyridine rings is 1. The van der Waals surface area contributed by atoms with Crippen LogP contribution in [0.25, 0.3) is 5.65 Å². The summed E-state index contributed by atoms with van der Waals surface area (Å²) in [6, 6.07) is 5.19. The monoisotopic (exact) mass is 333 g/mol. The first-order valence-electron chi connectivity index (χ1n) is 7.91. The summed E-state index contributed by atoms with van der Waals surface area (Å²) in [5.74, 6) is 0.536. The van der Waals surface area contributed by atoms with Gasteiger partial charge in [0, 0.05) is 18.3 Å². The van der Waals surface area contributed by atoms with Crippen LogP contribution in [0.15, 0.2) is 29.2 Å². The van der Waals surface area contributed by atoms with Gasteiger partial charge in [0.1, 0.15) is 5.65 Å². The lowest BCUT2D eigenvalue weighted by Crippen LogP contribution is -2.44. The summed E-state index contributed by atoms with van der Waals surface area (Å²) in [4.78, 5) is 16.7. The van der Waals surface area contributed by atoms with Gasteiger partial charge in [0.05, 0.1) is 18.0 Å². The second kappa shape index (κ2) is 5.14. The lowest BCUT2D eigenvalue weighted by molar-refractivity contribution is 0.291. The zero-order valence-corrected chi connectivity index (χ0v) is 13.8. The third kappa shape index (κ3) is 2.57. The Bertz CT molecular complexity index is 935. The minimum Gasteiger partial charge on any atom is -0.269 e. The van der Waals surface area contributed by atoms with Crippen molar-refractivity contribution in [3.8, 4) is 0 Å². The molecule has 2 aliphatic rings. The molecule has 1 saturated heterocycles. The van der Waals surface area contributed by atoms with E-state index in [0.717, 1.165) is 24.8 Å². The Morgan fingerprint density at radius 2 is 2.13 bits per heavy atom. The molecule has 3 heterocycles. The van der Waals surface area contributed by atoms with Gasteiger partial charge in [-0.05, 0) is 49.8 Å². The highest BCUT2D eigenvalue weighted by Crippen LogP contribution is 2.38. The fourth-order valence-corrected chi connectivity index (χ4v) is 5.87. The van der Waals surface area contributed by atoms with Crippen molar-refractivity contribution in [2.24, 2.45) is 5.92 Å². The number of hydrogen-bond acceptors (Lipinski definition) is 4. The molecule has 7 heteroatoms. The van der Waals surface area contributed by atoms with Crippen LogP contribution >= 0.6 is 0 Å². The summed E-state index contributed by atoms with van der Waals surface area (Å²) in [6.07, 6.45) is 4.52. The van der Waals surface area contributed by atoms with Crippen LogP contribution in [0.2, 0.25) is 0 Å². The smallest absolute Gasteiger partial charge is 0.258 e. The van der Waals surface area contributed by atoms with Gasteiger partial charge in [-0.3, -0.25) is 9.20 Å². The first-order valence-corrected chi connectivity index (χ1v) is 9.52. The largest absolute Gasteiger partial charge is 0.269 e. The highest BCUT2D eigenvalue weighted by atomic mass is 32.2. The third-order valence-electron chi connectivity index (χ3n) is 4.92. The highest BCUT2D eigenvalue weighted by molar-refractivity contribution is 7.89. The Labute approximate surface area is 134 Å². The summed E-state index contributed by atoms with van der Waals surface area (Å²) in [6.45, 7) is 2.13. The molecular formula is C16H19N3O3S. The molecule has 0 spiro atoms. The molecule has 2 aromatic rings. The quantitative estimate of drug-likeness (QED) is 0.831. The van der Waals surface area contributed by atoms with E-state index in [4.69, 9.17) is 0 Å². The summed E-state index contributed by atoms with van der Waals surface area (Å²) >= 11 is 0. The van der Waals surface area contributed by atoms with E-state index < -0.39 is 10.0 Å². The third-order valence-corrected chi connectivity index (χ3v) is 6.95. The number of hydrogen-bond donors (Lipinski definition) is 0. The van der Waals surface area contributed by atoms with Gasteiger partial charge in [0.2, 0.25) is 10.0 Å². The van der Waals surface area contributed by atoms with Crippen LogP contribution in [0.5, 0.6) is 0 Å². The van der Waals surface area contributed by atoms with Crippen LogP contribution in [0, 0.1) is 12.8 Å². The Kier molecular flexibility index (Phi) is 3.32. The van der Waals surface area contributed by atoms with E-state index in [9.17, 15) is 13.2 Å². The Balaban J connectivity index is 1.73. The molecule has 2 bridgehead atoms. The van der Waals surface area contributed by atoms with Crippen LogP contribution in [0.1, 0.15) is 30.5 Å². The maximum Gasteiger partial charge on any atom is 0.258 e. The van der Waals surface area contributed by atoms with Gasteiger partial charge in [-0.25, -0.2) is 13.4 Å². The zero-order valence-electron chi connectivity index (χ0n) is 13.0. The van der Waals surface area contributed by atoms with E-state index in [1.807, 2.05) is 19.1 Å². The average molecular weight is 333 g/mol. The van der Waals surface area contributed by atoms with Crippen LogP contribution in [0.4, 0.5) is 0 Å². The van der Waals surface area contributed by atoms with E-state index in [1.165, 1.54) is 10.5 Å². The van der Waals surface area contributed by atoms with Crippen molar-refractivity contribution >= 4 is 15.7 Å². The van der Waals surface area contributed by atoms with Gasteiger partial charge in [-0.15, -0.1) is 0 Å². The summed E-state index contributed by atoms with van der Waals surface area (Å²) < 4.78 is 28.0. The number of aromatic nitrogens is 2. The van der Waals surface area contributed by atoms with Gasteiger partial charge in [-0.1, -0.05) is 0 Å². The second-order valence-electron chi connectivity index (χ2n) is 6.67. The van der Waals surface area contributed by atoms with Gasteiger partial charge in [0.25, 0.3) is 5.56 Å². The Hall–Kier alpha value is -1.73. The lowest BCUT2D eigenvalue weighted by atomic mass is 10.1. The zero-order chi connectivity index (χ0) is 16.2. The van der Waals surface area contributed by atoms with E-state index in [1.54, 1.807) is 10.5 Å². The van der Waals surface area contributed by atoms with Crippen LogP contribution in [-0.2, 0) is 16.6 Å². The predicted octanol–water partition coefficient (Wildman–Crippen LogP) is 1.32. The molecule has 0 aromatic carbocycles. The molecule has 0 amide bonds. The molecule has 23 heavy (non-hydrogen) atoms. The second-order valence-corrected chi connectivity index (χ2v) is 8.64. The van der Waals surface area contributed by atoms with Gasteiger partial charge in [-0.2, -0.15) is 4.31 Å². The van der Waals surface area contributed by atoms with Crippen molar-refractivity contribution in [2.75, 3.05) is 5.75 Å². The summed E-state index contributed by atoms with van der Waals surface area (Å²) in [5.41, 5.74) is 1.92. The van der Waals surface area contributed by atoms with E-state index >= 15 is 0 Å². The molecule has 1 aliphatic carbocycles. The van der Waals surface area contributed by atoms with Crippen LogP contribution < -0.4 is 5.56 Å². The average Bonchev–Trinajstić information content (AvgIpc) is 2.86. The number of rotatable bonds is 2. The number of sulfonamides is 1. The van der Waals surface area contributed by atoms with Crippen molar-refractivity contribution in [1.82, 2.24) is 13.7 Å². The lowest BCUT2D eigenvalue weighted by Gasteiger charge is -2.32. The van der Waals surface area contributed by atoms with Crippen LogP contribution in [0.3, 0.4) is 0 Å². The molecule has 0 unspecified atom stereocenters. The normalized spacial score (nSPS) is 26.7. The fraction of sp³-hybridized carbons (Fsp3) is 0.500. The SMILES string of the molecule is Cc1ccn2c(=O)cc(CN3[C@@H]4CC[C@@H](C4)CS3(=O)=O)nc2c1. The minimum atomic E-state index is -3.25. The first-order chi connectivity index (χ1) is 10.9. The van der Waals surface area contributed by atoms with Crippen molar-refractivity contribution in [3.05, 3.63) is 46.0 Å². The fourth-order valence-electron chi connectivity index (χ4n) is 3.80. The van der Waals surface area contributed by atoms with Crippen LogP contribution in [-0.4, -0.2) is 33.9 Å². The molecule has 122 valence electrons. The number of nitrogens with zero attached hydrogens (tertiary/aromatic N) is 3. The molecule has 0 N–H and O–H groups in total. The summed E-state index contributed by atoms with van der Waals surface area (Å²) in [5, 5.41) is 0. The van der Waals surface area contributed by atoms with Crippen molar-refractivity contribution in [1.29, 1.82) is 0 Å². The minimum absolute atomic E-state index is 0.0662. The molecule has 1 saturated carbocycles. The maximum absolute atomic E-state index is 12.5. The molecule has 0 radical (unpaired) electrons. The standard InChI is InChI=1S/C16H19N3O3S/c1-11-4-5-18-15(6-11)17-13(8-16(18)20)9-19-14-3-2-12(7-14)10-23(19,21)22/h4-6,8,12,14H,2-3,7,9-10H2,1H3/t12-,14+/m0/s1. The number of fused-ring (bicyclic) bond motifs is 3. The number of aryl methyl sites for hydroxylation is 1. The van der Waals surface area contributed by atoms with Crippen molar-refractivity contribution in [3.63, 3.8) is 0 Å². The highest BCUT2D eigenvalue weighted by Gasteiger charge is 2.43. The van der Waals surface area contributed by atoms with Gasteiger partial charge >= 0.3 is 0 Å².